The molecule has 1 aromatic rings. The Morgan fingerprint density at radius 3 is 2.75 bits per heavy atom. The predicted molar refractivity (Wildman–Crippen MR) is 86.8 cm³/mol. The van der Waals surface area contributed by atoms with E-state index < -0.39 is 0 Å². The van der Waals surface area contributed by atoms with Gasteiger partial charge in [0.1, 0.15) is 5.75 Å². The highest BCUT2D eigenvalue weighted by atomic mass is 16.3. The fourth-order valence-electron chi connectivity index (χ4n) is 2.83. The lowest BCUT2D eigenvalue weighted by molar-refractivity contribution is 0.467. The van der Waals surface area contributed by atoms with Gasteiger partial charge >= 0.3 is 0 Å². The molecule has 1 unspecified atom stereocenters. The van der Waals surface area contributed by atoms with E-state index in [0.29, 0.717) is 11.7 Å². The van der Waals surface area contributed by atoms with Gasteiger partial charge < -0.3 is 5.11 Å². The smallest absolute Gasteiger partial charge is 0.126 e. The Labute approximate surface area is 121 Å². The summed E-state index contributed by atoms with van der Waals surface area (Å²) in [4.78, 5) is 0. The standard InChI is InChI=1S/C19H22O/c1-5-9-13(2)12-18-14(3)16-10-7-6-8-11-17(16)19(20)15(18)4/h5-6,8,10-11,13,20H,1,9,12H2,2-4H3. The van der Waals surface area contributed by atoms with E-state index >= 15 is 0 Å². The number of aromatic hydroxyl groups is 1. The summed E-state index contributed by atoms with van der Waals surface area (Å²) in [6.07, 6.45) is 11.6. The van der Waals surface area contributed by atoms with E-state index in [1.807, 2.05) is 37.3 Å². The Morgan fingerprint density at radius 2 is 2.05 bits per heavy atom. The molecule has 0 saturated heterocycles. The minimum absolute atomic E-state index is 0.399. The molecule has 0 radical (unpaired) electrons. The first kappa shape index (κ1) is 14.4. The van der Waals surface area contributed by atoms with Gasteiger partial charge in [-0.1, -0.05) is 25.2 Å². The largest absolute Gasteiger partial charge is 0.507 e. The molecule has 0 heterocycles. The van der Waals surface area contributed by atoms with Crippen molar-refractivity contribution in [3.8, 4) is 5.75 Å². The Balaban J connectivity index is 2.56. The minimum atomic E-state index is 0.399. The van der Waals surface area contributed by atoms with Crippen molar-refractivity contribution in [1.82, 2.24) is 0 Å². The van der Waals surface area contributed by atoms with Crippen molar-refractivity contribution in [2.45, 2.75) is 33.6 Å². The van der Waals surface area contributed by atoms with Crippen LogP contribution < -0.4 is 0 Å². The van der Waals surface area contributed by atoms with Crippen LogP contribution in [0.15, 0.2) is 30.5 Å². The van der Waals surface area contributed by atoms with Crippen LogP contribution >= 0.6 is 0 Å². The molecular formula is C19H22O. The Kier molecular flexibility index (Phi) is 4.32. The number of hydrogen-bond acceptors (Lipinski definition) is 1. The molecule has 0 spiro atoms. The van der Waals surface area contributed by atoms with Gasteiger partial charge in [-0.2, -0.15) is 0 Å². The number of allylic oxidation sites excluding steroid dienone is 3. The van der Waals surface area contributed by atoms with Crippen LogP contribution in [0.2, 0.25) is 0 Å². The van der Waals surface area contributed by atoms with Crippen LogP contribution in [-0.2, 0) is 6.42 Å². The molecule has 1 heteroatoms. The molecule has 1 aromatic carbocycles. The number of phenols is 1. The zero-order chi connectivity index (χ0) is 14.7. The van der Waals surface area contributed by atoms with Crippen LogP contribution in [0.3, 0.4) is 0 Å². The van der Waals surface area contributed by atoms with Gasteiger partial charge in [-0.05, 0) is 67.0 Å². The first-order valence-corrected chi connectivity index (χ1v) is 7.11. The van der Waals surface area contributed by atoms with Crippen molar-refractivity contribution < 1.29 is 5.11 Å². The zero-order valence-corrected chi connectivity index (χ0v) is 12.5. The van der Waals surface area contributed by atoms with E-state index in [2.05, 4.69) is 26.2 Å². The van der Waals surface area contributed by atoms with Crippen molar-refractivity contribution >= 4 is 12.2 Å². The second-order valence-electron chi connectivity index (χ2n) is 5.57. The molecule has 0 aliphatic heterocycles. The van der Waals surface area contributed by atoms with Gasteiger partial charge in [0.2, 0.25) is 0 Å². The molecule has 0 fully saturated rings. The third kappa shape index (κ3) is 2.64. The molecule has 1 atom stereocenters. The average Bonchev–Trinajstić information content (AvgIpc) is 2.67. The zero-order valence-electron chi connectivity index (χ0n) is 12.5. The fraction of sp³-hybridized carbons (Fsp3) is 0.316. The van der Waals surface area contributed by atoms with Gasteiger partial charge in [0.25, 0.3) is 0 Å². The van der Waals surface area contributed by atoms with Crippen LogP contribution in [0.4, 0.5) is 0 Å². The molecule has 0 amide bonds. The Hall–Kier alpha value is -1.98. The normalized spacial score (nSPS) is 13.9. The summed E-state index contributed by atoms with van der Waals surface area (Å²) in [6, 6.07) is 0. The lowest BCUT2D eigenvalue weighted by atomic mass is 9.86. The van der Waals surface area contributed by atoms with E-state index in [1.165, 1.54) is 11.1 Å². The molecule has 104 valence electrons. The van der Waals surface area contributed by atoms with E-state index in [9.17, 15) is 5.11 Å². The van der Waals surface area contributed by atoms with Gasteiger partial charge in [-0.25, -0.2) is 0 Å². The summed E-state index contributed by atoms with van der Waals surface area (Å²) < 4.78 is 0. The predicted octanol–water partition coefficient (Wildman–Crippen LogP) is 4.96. The van der Waals surface area contributed by atoms with Gasteiger partial charge in [0.05, 0.1) is 0 Å². The maximum absolute atomic E-state index is 10.5. The molecule has 1 aliphatic carbocycles. The number of benzene rings is 1. The molecule has 2 rings (SSSR count). The van der Waals surface area contributed by atoms with Crippen LogP contribution in [0.1, 0.15) is 41.2 Å². The van der Waals surface area contributed by atoms with E-state index in [1.54, 1.807) is 0 Å². The maximum atomic E-state index is 10.5. The summed E-state index contributed by atoms with van der Waals surface area (Å²) in [5.74, 6) is 0.930. The highest BCUT2D eigenvalue weighted by Crippen LogP contribution is 2.36. The minimum Gasteiger partial charge on any atom is -0.507 e. The maximum Gasteiger partial charge on any atom is 0.126 e. The number of phenolic OH excluding ortho intramolecular Hbond substituents is 1. The highest BCUT2D eigenvalue weighted by Gasteiger charge is 2.18. The van der Waals surface area contributed by atoms with Gasteiger partial charge in [-0.3, -0.25) is 0 Å². The van der Waals surface area contributed by atoms with Crippen LogP contribution in [0.5, 0.6) is 5.75 Å². The van der Waals surface area contributed by atoms with Gasteiger partial charge in [-0.15, -0.1) is 12.3 Å². The topological polar surface area (TPSA) is 20.2 Å². The Bertz CT molecular complexity index is 626. The van der Waals surface area contributed by atoms with Crippen molar-refractivity contribution in [3.05, 3.63) is 58.4 Å². The SMILES string of the molecule is C=CCC(C)Cc1c(C)c(O)c2c(c1C)C=C=CC=C2. The molecular weight excluding hydrogens is 244 g/mol. The van der Waals surface area contributed by atoms with Gasteiger partial charge in [0, 0.05) is 5.56 Å². The van der Waals surface area contributed by atoms with E-state index in [-0.39, 0.29) is 0 Å². The van der Waals surface area contributed by atoms with E-state index in [0.717, 1.165) is 29.5 Å². The molecule has 0 bridgehead atoms. The lowest BCUT2D eigenvalue weighted by Gasteiger charge is -2.19. The van der Waals surface area contributed by atoms with Crippen LogP contribution in [0.25, 0.3) is 12.2 Å². The van der Waals surface area contributed by atoms with Crippen molar-refractivity contribution in [3.63, 3.8) is 0 Å². The van der Waals surface area contributed by atoms with Crippen LogP contribution in [-0.4, -0.2) is 5.11 Å². The fourth-order valence-corrected chi connectivity index (χ4v) is 2.83. The monoisotopic (exact) mass is 266 g/mol. The highest BCUT2D eigenvalue weighted by molar-refractivity contribution is 5.77. The van der Waals surface area contributed by atoms with Crippen molar-refractivity contribution in [2.75, 3.05) is 0 Å². The summed E-state index contributed by atoms with van der Waals surface area (Å²) >= 11 is 0. The second kappa shape index (κ2) is 5.98. The number of rotatable bonds is 4. The van der Waals surface area contributed by atoms with Crippen molar-refractivity contribution in [1.29, 1.82) is 0 Å². The molecule has 1 aliphatic rings. The summed E-state index contributed by atoms with van der Waals surface area (Å²) in [5, 5.41) is 10.5. The van der Waals surface area contributed by atoms with E-state index in [4.69, 9.17) is 0 Å². The molecule has 1 nitrogen and oxygen atoms in total. The quantitative estimate of drug-likeness (QED) is 0.603. The van der Waals surface area contributed by atoms with Crippen molar-refractivity contribution in [2.24, 2.45) is 5.92 Å². The summed E-state index contributed by atoms with van der Waals surface area (Å²) in [5.41, 5.74) is 8.62. The summed E-state index contributed by atoms with van der Waals surface area (Å²) in [7, 11) is 0. The van der Waals surface area contributed by atoms with Gasteiger partial charge in [0.15, 0.2) is 0 Å². The Morgan fingerprint density at radius 1 is 1.30 bits per heavy atom. The number of fused-ring (bicyclic) bond motifs is 1. The molecule has 1 N–H and O–H groups in total. The first-order chi connectivity index (χ1) is 9.56. The average molecular weight is 266 g/mol. The third-order valence-electron chi connectivity index (χ3n) is 4.01. The summed E-state index contributed by atoms with van der Waals surface area (Å²) in [6.45, 7) is 10.2. The number of hydrogen-bond donors (Lipinski definition) is 1. The first-order valence-electron chi connectivity index (χ1n) is 7.11. The second-order valence-corrected chi connectivity index (χ2v) is 5.57. The third-order valence-corrected chi connectivity index (χ3v) is 4.01. The lowest BCUT2D eigenvalue weighted by Crippen LogP contribution is -2.05. The molecule has 20 heavy (non-hydrogen) atoms. The van der Waals surface area contributed by atoms with Crippen LogP contribution in [0, 0.1) is 19.8 Å². The molecule has 0 saturated carbocycles. The molecule has 0 aromatic heterocycles.